The third-order valence-corrected chi connectivity index (χ3v) is 3.90. The van der Waals surface area contributed by atoms with Crippen LogP contribution in [0.5, 0.6) is 0 Å². The molecule has 0 radical (unpaired) electrons. The molecule has 0 unspecified atom stereocenters. The molecule has 1 aliphatic carbocycles. The van der Waals surface area contributed by atoms with Crippen molar-refractivity contribution in [2.24, 2.45) is 11.7 Å². The molecular formula is C11H15ClIN. The van der Waals surface area contributed by atoms with E-state index in [0.29, 0.717) is 0 Å². The first-order chi connectivity index (χ1) is 6.29. The summed E-state index contributed by atoms with van der Waals surface area (Å²) in [6.45, 7) is 0. The van der Waals surface area contributed by atoms with Crippen LogP contribution in [0.1, 0.15) is 30.9 Å². The molecule has 1 aromatic rings. The average molecular weight is 324 g/mol. The van der Waals surface area contributed by atoms with Gasteiger partial charge in [-0.1, -0.05) is 24.6 Å². The number of hydrogen-bond donors (Lipinski definition) is 1. The van der Waals surface area contributed by atoms with E-state index >= 15 is 0 Å². The van der Waals surface area contributed by atoms with Crippen molar-refractivity contribution in [3.8, 4) is 0 Å². The van der Waals surface area contributed by atoms with E-state index in [1.54, 1.807) is 0 Å². The first-order valence-corrected chi connectivity index (χ1v) is 5.87. The zero-order valence-electron chi connectivity index (χ0n) is 7.95. The van der Waals surface area contributed by atoms with Gasteiger partial charge in [-0.25, -0.2) is 0 Å². The van der Waals surface area contributed by atoms with Crippen molar-refractivity contribution in [1.29, 1.82) is 0 Å². The van der Waals surface area contributed by atoms with Gasteiger partial charge in [-0.15, -0.1) is 12.4 Å². The van der Waals surface area contributed by atoms with Gasteiger partial charge in [0.05, 0.1) is 0 Å². The molecule has 14 heavy (non-hydrogen) atoms. The summed E-state index contributed by atoms with van der Waals surface area (Å²) >= 11 is 2.37. The van der Waals surface area contributed by atoms with Crippen LogP contribution in [0.25, 0.3) is 0 Å². The van der Waals surface area contributed by atoms with Crippen LogP contribution >= 0.6 is 35.0 Å². The van der Waals surface area contributed by atoms with Crippen LogP contribution in [0.4, 0.5) is 0 Å². The molecule has 0 spiro atoms. The fourth-order valence-electron chi connectivity index (χ4n) is 1.80. The lowest BCUT2D eigenvalue weighted by Crippen LogP contribution is -2.27. The first-order valence-electron chi connectivity index (χ1n) is 4.79. The molecule has 1 aliphatic rings. The quantitative estimate of drug-likeness (QED) is 0.828. The van der Waals surface area contributed by atoms with Crippen molar-refractivity contribution >= 4 is 35.0 Å². The Balaban J connectivity index is 0.000000980. The molecule has 0 aliphatic heterocycles. The average Bonchev–Trinajstić information content (AvgIpc) is 2.01. The highest BCUT2D eigenvalue weighted by Crippen LogP contribution is 2.37. The fourth-order valence-corrected chi connectivity index (χ4v) is 2.55. The number of nitrogens with two attached hydrogens (primary N) is 1. The lowest BCUT2D eigenvalue weighted by atomic mass is 9.78. The van der Waals surface area contributed by atoms with E-state index in [9.17, 15) is 0 Å². The Labute approximate surface area is 105 Å². The smallest absolute Gasteiger partial charge is 0.0334 e. The molecule has 1 atom stereocenters. The largest absolute Gasteiger partial charge is 0.324 e. The van der Waals surface area contributed by atoms with Gasteiger partial charge >= 0.3 is 0 Å². The monoisotopic (exact) mass is 323 g/mol. The number of halogens is 2. The minimum Gasteiger partial charge on any atom is -0.324 e. The van der Waals surface area contributed by atoms with Gasteiger partial charge < -0.3 is 5.73 Å². The third kappa shape index (κ3) is 2.41. The molecule has 1 nitrogen and oxygen atoms in total. The van der Waals surface area contributed by atoms with Crippen LogP contribution in [-0.2, 0) is 0 Å². The summed E-state index contributed by atoms with van der Waals surface area (Å²) in [5.74, 6) is 0.732. The van der Waals surface area contributed by atoms with E-state index < -0.39 is 0 Å². The van der Waals surface area contributed by atoms with Crippen molar-refractivity contribution < 1.29 is 0 Å². The normalized spacial score (nSPS) is 18.1. The molecule has 2 rings (SSSR count). The van der Waals surface area contributed by atoms with E-state index in [1.165, 1.54) is 28.4 Å². The van der Waals surface area contributed by atoms with Gasteiger partial charge in [0.15, 0.2) is 0 Å². The van der Waals surface area contributed by atoms with E-state index in [-0.39, 0.29) is 18.4 Å². The second-order valence-corrected chi connectivity index (χ2v) is 4.90. The van der Waals surface area contributed by atoms with Gasteiger partial charge in [-0.05, 0) is 53.0 Å². The number of hydrogen-bond acceptors (Lipinski definition) is 1. The summed E-state index contributed by atoms with van der Waals surface area (Å²) in [6.07, 6.45) is 3.99. The Kier molecular flexibility index (Phi) is 4.67. The SMILES string of the molecule is Cl.N[C@@H](c1ccccc1I)C1CCC1. The highest BCUT2D eigenvalue weighted by atomic mass is 127. The lowest BCUT2D eigenvalue weighted by molar-refractivity contribution is 0.264. The molecule has 0 aromatic heterocycles. The van der Waals surface area contributed by atoms with Crippen LogP contribution < -0.4 is 5.73 Å². The highest BCUT2D eigenvalue weighted by Gasteiger charge is 2.26. The van der Waals surface area contributed by atoms with Crippen molar-refractivity contribution in [2.75, 3.05) is 0 Å². The predicted molar refractivity (Wildman–Crippen MR) is 70.7 cm³/mol. The van der Waals surface area contributed by atoms with Crippen molar-refractivity contribution in [1.82, 2.24) is 0 Å². The van der Waals surface area contributed by atoms with Gasteiger partial charge in [-0.3, -0.25) is 0 Å². The van der Waals surface area contributed by atoms with E-state index in [4.69, 9.17) is 5.73 Å². The van der Waals surface area contributed by atoms with Gasteiger partial charge in [-0.2, -0.15) is 0 Å². The van der Waals surface area contributed by atoms with Crippen LogP contribution in [0, 0.1) is 9.49 Å². The van der Waals surface area contributed by atoms with Gasteiger partial charge in [0.2, 0.25) is 0 Å². The molecule has 3 heteroatoms. The van der Waals surface area contributed by atoms with Crippen molar-refractivity contribution in [3.63, 3.8) is 0 Å². The summed E-state index contributed by atoms with van der Waals surface area (Å²) < 4.78 is 1.31. The Morgan fingerprint density at radius 1 is 1.29 bits per heavy atom. The van der Waals surface area contributed by atoms with Gasteiger partial charge in [0, 0.05) is 9.61 Å². The van der Waals surface area contributed by atoms with E-state index in [0.717, 1.165) is 5.92 Å². The molecule has 1 aromatic carbocycles. The summed E-state index contributed by atoms with van der Waals surface area (Å²) in [5.41, 5.74) is 7.52. The lowest BCUT2D eigenvalue weighted by Gasteiger charge is -2.31. The molecule has 0 amide bonds. The maximum absolute atomic E-state index is 6.20. The first kappa shape index (κ1) is 12.3. The van der Waals surface area contributed by atoms with E-state index in [2.05, 4.69) is 46.9 Å². The Hall–Kier alpha value is 0.200. The second kappa shape index (κ2) is 5.33. The maximum atomic E-state index is 6.20. The van der Waals surface area contributed by atoms with Crippen LogP contribution in [0.2, 0.25) is 0 Å². The fraction of sp³-hybridized carbons (Fsp3) is 0.455. The molecule has 2 N–H and O–H groups in total. The minimum atomic E-state index is 0. The van der Waals surface area contributed by atoms with Crippen molar-refractivity contribution in [3.05, 3.63) is 33.4 Å². The molecule has 1 saturated carbocycles. The van der Waals surface area contributed by atoms with E-state index in [1.807, 2.05) is 0 Å². The Bertz CT molecular complexity index is 299. The zero-order valence-corrected chi connectivity index (χ0v) is 10.9. The number of rotatable bonds is 2. The predicted octanol–water partition coefficient (Wildman–Crippen LogP) is 3.51. The topological polar surface area (TPSA) is 26.0 Å². The summed E-state index contributed by atoms with van der Waals surface area (Å²) in [5, 5.41) is 0. The maximum Gasteiger partial charge on any atom is 0.0334 e. The van der Waals surface area contributed by atoms with Crippen LogP contribution in [0.15, 0.2) is 24.3 Å². The molecule has 0 heterocycles. The Morgan fingerprint density at radius 3 is 2.43 bits per heavy atom. The summed E-state index contributed by atoms with van der Waals surface area (Å²) in [7, 11) is 0. The molecule has 78 valence electrons. The molecular weight excluding hydrogens is 308 g/mol. The van der Waals surface area contributed by atoms with Crippen molar-refractivity contribution in [2.45, 2.75) is 25.3 Å². The van der Waals surface area contributed by atoms with Crippen LogP contribution in [-0.4, -0.2) is 0 Å². The zero-order chi connectivity index (χ0) is 9.26. The highest BCUT2D eigenvalue weighted by molar-refractivity contribution is 14.1. The third-order valence-electron chi connectivity index (χ3n) is 2.92. The molecule has 1 fully saturated rings. The standard InChI is InChI=1S/C11H14IN.ClH/c12-10-7-2-1-6-9(10)11(13)8-4-3-5-8;/h1-2,6-8,11H,3-5,13H2;1H/t11-;/m1./s1. The molecule has 0 bridgehead atoms. The van der Waals surface area contributed by atoms with Gasteiger partial charge in [0.25, 0.3) is 0 Å². The van der Waals surface area contributed by atoms with Gasteiger partial charge in [0.1, 0.15) is 0 Å². The Morgan fingerprint density at radius 2 is 1.93 bits per heavy atom. The number of benzene rings is 1. The second-order valence-electron chi connectivity index (χ2n) is 3.74. The van der Waals surface area contributed by atoms with Crippen LogP contribution in [0.3, 0.4) is 0 Å². The molecule has 0 saturated heterocycles. The minimum absolute atomic E-state index is 0. The summed E-state index contributed by atoms with van der Waals surface area (Å²) in [4.78, 5) is 0. The summed E-state index contributed by atoms with van der Waals surface area (Å²) in [6, 6.07) is 8.70.